The van der Waals surface area contributed by atoms with E-state index in [1.165, 1.54) is 31.2 Å². The Morgan fingerprint density at radius 3 is 2.48 bits per heavy atom. The summed E-state index contributed by atoms with van der Waals surface area (Å²) >= 11 is 0. The normalized spacial score (nSPS) is 25.6. The Balaban J connectivity index is 1.76. The smallest absolute Gasteiger partial charge is 0.129 e. The number of aryl methyl sites for hydroxylation is 2. The largest absolute Gasteiger partial charge is 0.308 e. The summed E-state index contributed by atoms with van der Waals surface area (Å²) in [6.07, 6.45) is 5.31. The fourth-order valence-corrected chi connectivity index (χ4v) is 4.05. The number of hydrogen-bond donors (Lipinski definition) is 1. The lowest BCUT2D eigenvalue weighted by Gasteiger charge is -2.45. The Hall–Kier alpha value is -0.930. The molecule has 1 aliphatic heterocycles. The molecule has 1 aromatic rings. The zero-order chi connectivity index (χ0) is 15.0. The zero-order valence-electron chi connectivity index (χ0n) is 13.5. The molecule has 0 amide bonds. The zero-order valence-corrected chi connectivity index (χ0v) is 13.5. The topological polar surface area (TPSA) is 15.3 Å². The fraction of sp³-hybridized carbons (Fsp3) is 0.667. The van der Waals surface area contributed by atoms with Crippen LogP contribution in [0.4, 0.5) is 4.39 Å². The van der Waals surface area contributed by atoms with Crippen molar-refractivity contribution in [2.75, 3.05) is 13.1 Å². The first-order valence-electron chi connectivity index (χ1n) is 8.24. The molecule has 1 heterocycles. The van der Waals surface area contributed by atoms with Crippen LogP contribution in [0.2, 0.25) is 0 Å². The van der Waals surface area contributed by atoms with E-state index in [1.54, 1.807) is 0 Å². The second-order valence-corrected chi connectivity index (χ2v) is 7.17. The van der Waals surface area contributed by atoms with Crippen LogP contribution >= 0.6 is 0 Å². The first-order valence-corrected chi connectivity index (χ1v) is 8.24. The molecule has 0 bridgehead atoms. The van der Waals surface area contributed by atoms with E-state index in [4.69, 9.17) is 0 Å². The average molecular weight is 290 g/mol. The highest BCUT2D eigenvalue weighted by atomic mass is 19.1. The van der Waals surface area contributed by atoms with Crippen LogP contribution in [-0.4, -0.2) is 29.6 Å². The summed E-state index contributed by atoms with van der Waals surface area (Å²) < 4.78 is 13.8. The molecule has 1 aliphatic carbocycles. The fourth-order valence-electron chi connectivity index (χ4n) is 4.05. The summed E-state index contributed by atoms with van der Waals surface area (Å²) in [5.41, 5.74) is 3.12. The molecule has 2 aliphatic rings. The van der Waals surface area contributed by atoms with E-state index < -0.39 is 0 Å². The predicted molar refractivity (Wildman–Crippen MR) is 84.9 cm³/mol. The van der Waals surface area contributed by atoms with Crippen molar-refractivity contribution in [1.82, 2.24) is 10.2 Å². The SMILES string of the molecule is Cc1cc(CN2CC3(CCCC3)NCC2C)cc(C)c1F. The second kappa shape index (κ2) is 5.69. The van der Waals surface area contributed by atoms with Crippen LogP contribution in [0.1, 0.15) is 49.3 Å². The molecule has 1 N–H and O–H groups in total. The van der Waals surface area contributed by atoms with Gasteiger partial charge in [0.05, 0.1) is 0 Å². The molecule has 1 spiro atoms. The Morgan fingerprint density at radius 1 is 1.24 bits per heavy atom. The van der Waals surface area contributed by atoms with Crippen molar-refractivity contribution in [3.05, 3.63) is 34.6 Å². The Bertz CT molecular complexity index is 497. The van der Waals surface area contributed by atoms with Crippen molar-refractivity contribution in [1.29, 1.82) is 0 Å². The number of benzene rings is 1. The lowest BCUT2D eigenvalue weighted by Crippen LogP contribution is -2.62. The minimum atomic E-state index is -0.0561. The van der Waals surface area contributed by atoms with Gasteiger partial charge in [-0.15, -0.1) is 0 Å². The molecule has 0 radical (unpaired) electrons. The third kappa shape index (κ3) is 3.00. The molecule has 21 heavy (non-hydrogen) atoms. The molecular formula is C18H27FN2. The molecule has 3 heteroatoms. The van der Waals surface area contributed by atoms with Gasteiger partial charge in [0, 0.05) is 31.2 Å². The molecule has 1 unspecified atom stereocenters. The van der Waals surface area contributed by atoms with E-state index in [0.29, 0.717) is 11.6 Å². The van der Waals surface area contributed by atoms with Crippen LogP contribution in [0.5, 0.6) is 0 Å². The lowest BCUT2D eigenvalue weighted by molar-refractivity contribution is 0.0826. The van der Waals surface area contributed by atoms with Gasteiger partial charge in [0.1, 0.15) is 5.82 Å². The number of halogens is 1. The predicted octanol–water partition coefficient (Wildman–Crippen LogP) is 3.55. The van der Waals surface area contributed by atoms with Crippen LogP contribution in [0.3, 0.4) is 0 Å². The summed E-state index contributed by atoms with van der Waals surface area (Å²) in [6, 6.07) is 4.57. The molecule has 1 atom stereocenters. The van der Waals surface area contributed by atoms with Crippen LogP contribution in [0, 0.1) is 19.7 Å². The van der Waals surface area contributed by atoms with Crippen molar-refractivity contribution in [3.8, 4) is 0 Å². The highest BCUT2D eigenvalue weighted by molar-refractivity contribution is 5.30. The van der Waals surface area contributed by atoms with Crippen LogP contribution < -0.4 is 5.32 Å². The first-order chi connectivity index (χ1) is 9.99. The summed E-state index contributed by atoms with van der Waals surface area (Å²) in [5.74, 6) is -0.0561. The molecule has 2 fully saturated rings. The Morgan fingerprint density at radius 2 is 1.86 bits per heavy atom. The number of hydrogen-bond acceptors (Lipinski definition) is 2. The molecule has 1 saturated heterocycles. The Kier molecular flexibility index (Phi) is 4.06. The summed E-state index contributed by atoms with van der Waals surface area (Å²) in [5, 5.41) is 3.79. The average Bonchev–Trinajstić information content (AvgIpc) is 2.89. The lowest BCUT2D eigenvalue weighted by atomic mass is 9.92. The third-order valence-corrected chi connectivity index (χ3v) is 5.34. The van der Waals surface area contributed by atoms with Gasteiger partial charge in [-0.2, -0.15) is 0 Å². The monoisotopic (exact) mass is 290 g/mol. The van der Waals surface area contributed by atoms with Gasteiger partial charge in [-0.1, -0.05) is 25.0 Å². The molecule has 2 nitrogen and oxygen atoms in total. The summed E-state index contributed by atoms with van der Waals surface area (Å²) in [4.78, 5) is 2.58. The van der Waals surface area contributed by atoms with E-state index >= 15 is 0 Å². The van der Waals surface area contributed by atoms with Crippen molar-refractivity contribution in [2.45, 2.75) is 64.6 Å². The van der Waals surface area contributed by atoms with Gasteiger partial charge < -0.3 is 5.32 Å². The molecule has 1 aromatic carbocycles. The maximum absolute atomic E-state index is 13.8. The minimum Gasteiger partial charge on any atom is -0.308 e. The number of nitrogens with zero attached hydrogens (tertiary/aromatic N) is 1. The standard InChI is InChI=1S/C18H27FN2/c1-13-8-16(9-14(2)17(13)19)11-21-12-18(6-4-5-7-18)20-10-15(21)3/h8-9,15,20H,4-7,10-12H2,1-3H3. The Labute approximate surface area is 127 Å². The summed E-state index contributed by atoms with van der Waals surface area (Å²) in [7, 11) is 0. The minimum absolute atomic E-state index is 0.0561. The summed E-state index contributed by atoms with van der Waals surface area (Å²) in [6.45, 7) is 9.16. The number of piperazine rings is 1. The van der Waals surface area contributed by atoms with Gasteiger partial charge >= 0.3 is 0 Å². The molecular weight excluding hydrogens is 263 g/mol. The van der Waals surface area contributed by atoms with E-state index in [-0.39, 0.29) is 5.82 Å². The van der Waals surface area contributed by atoms with Gasteiger partial charge in [0.15, 0.2) is 0 Å². The van der Waals surface area contributed by atoms with Crippen LogP contribution in [0.25, 0.3) is 0 Å². The van der Waals surface area contributed by atoms with Gasteiger partial charge in [0.2, 0.25) is 0 Å². The van der Waals surface area contributed by atoms with Crippen LogP contribution in [-0.2, 0) is 6.54 Å². The second-order valence-electron chi connectivity index (χ2n) is 7.17. The van der Waals surface area contributed by atoms with Gasteiger partial charge in [-0.3, -0.25) is 4.90 Å². The van der Waals surface area contributed by atoms with Gasteiger partial charge in [-0.25, -0.2) is 4.39 Å². The van der Waals surface area contributed by atoms with Crippen LogP contribution in [0.15, 0.2) is 12.1 Å². The van der Waals surface area contributed by atoms with Gasteiger partial charge in [0.25, 0.3) is 0 Å². The highest BCUT2D eigenvalue weighted by Gasteiger charge is 2.39. The molecule has 116 valence electrons. The van der Waals surface area contributed by atoms with E-state index in [9.17, 15) is 4.39 Å². The number of rotatable bonds is 2. The molecule has 1 saturated carbocycles. The quantitative estimate of drug-likeness (QED) is 0.896. The third-order valence-electron chi connectivity index (χ3n) is 5.34. The molecule has 3 rings (SSSR count). The van der Waals surface area contributed by atoms with Crippen molar-refractivity contribution in [3.63, 3.8) is 0 Å². The van der Waals surface area contributed by atoms with Gasteiger partial charge in [-0.05, 0) is 50.3 Å². The highest BCUT2D eigenvalue weighted by Crippen LogP contribution is 2.33. The van der Waals surface area contributed by atoms with E-state index in [2.05, 4.69) is 17.1 Å². The maximum atomic E-state index is 13.8. The first kappa shape index (κ1) is 15.0. The van der Waals surface area contributed by atoms with Crippen molar-refractivity contribution >= 4 is 0 Å². The van der Waals surface area contributed by atoms with Crippen molar-refractivity contribution < 1.29 is 4.39 Å². The van der Waals surface area contributed by atoms with E-state index in [1.807, 2.05) is 26.0 Å². The molecule has 0 aromatic heterocycles. The number of nitrogens with one attached hydrogen (secondary N) is 1. The van der Waals surface area contributed by atoms with Crippen molar-refractivity contribution in [2.24, 2.45) is 0 Å². The van der Waals surface area contributed by atoms with E-state index in [0.717, 1.165) is 30.8 Å². The maximum Gasteiger partial charge on any atom is 0.129 e.